The van der Waals surface area contributed by atoms with E-state index in [0.29, 0.717) is 5.69 Å². The molecule has 0 atom stereocenters. The minimum atomic E-state index is -3.80. The van der Waals surface area contributed by atoms with Gasteiger partial charge in [-0.3, -0.25) is 14.5 Å². The number of carbonyl (C=O) groups is 1. The van der Waals surface area contributed by atoms with Crippen LogP contribution in [0.4, 0.5) is 5.69 Å². The van der Waals surface area contributed by atoms with Crippen molar-refractivity contribution in [3.8, 4) is 0 Å². The Hall–Kier alpha value is -3.19. The van der Waals surface area contributed by atoms with Crippen LogP contribution in [-0.4, -0.2) is 19.3 Å². The van der Waals surface area contributed by atoms with Crippen LogP contribution in [0.25, 0.3) is 0 Å². The third-order valence-electron chi connectivity index (χ3n) is 3.83. The Bertz CT molecular complexity index is 1050. The lowest BCUT2D eigenvalue weighted by atomic mass is 10.2. The van der Waals surface area contributed by atoms with E-state index >= 15 is 0 Å². The molecule has 27 heavy (non-hydrogen) atoms. The fraction of sp³-hybridized carbons (Fsp3) is 0.100. The van der Waals surface area contributed by atoms with E-state index < -0.39 is 10.0 Å². The first-order valence-corrected chi connectivity index (χ1v) is 9.80. The van der Waals surface area contributed by atoms with Crippen molar-refractivity contribution < 1.29 is 13.2 Å². The Labute approximate surface area is 158 Å². The Balaban J connectivity index is 1.75. The third-order valence-corrected chi connectivity index (χ3v) is 5.21. The highest BCUT2D eigenvalue weighted by molar-refractivity contribution is 7.92. The van der Waals surface area contributed by atoms with E-state index in [2.05, 4.69) is 15.0 Å². The number of pyridine rings is 1. The molecule has 0 spiro atoms. The largest absolute Gasteiger partial charge is 0.346 e. The van der Waals surface area contributed by atoms with Gasteiger partial charge in [0, 0.05) is 17.4 Å². The van der Waals surface area contributed by atoms with Crippen LogP contribution in [0, 0.1) is 6.92 Å². The smallest absolute Gasteiger partial charge is 0.261 e. The maximum Gasteiger partial charge on any atom is 0.261 e. The molecule has 0 fully saturated rings. The number of nitrogens with zero attached hydrogens (tertiary/aromatic N) is 1. The maximum atomic E-state index is 12.6. The predicted molar refractivity (Wildman–Crippen MR) is 104 cm³/mol. The number of aromatic nitrogens is 1. The molecule has 1 aromatic heterocycles. The number of aryl methyl sites for hydroxylation is 1. The van der Waals surface area contributed by atoms with Gasteiger partial charge in [0.2, 0.25) is 0 Å². The minimum Gasteiger partial charge on any atom is -0.346 e. The Morgan fingerprint density at radius 3 is 2.56 bits per heavy atom. The molecule has 0 aliphatic heterocycles. The molecule has 1 amide bonds. The molecule has 1 heterocycles. The molecular weight excluding hydrogens is 362 g/mol. The number of sulfonamides is 1. The van der Waals surface area contributed by atoms with Gasteiger partial charge in [0.25, 0.3) is 15.9 Å². The van der Waals surface area contributed by atoms with Gasteiger partial charge in [0.1, 0.15) is 0 Å². The normalized spacial score (nSPS) is 11.0. The summed E-state index contributed by atoms with van der Waals surface area (Å²) in [6.45, 7) is 2.14. The number of amides is 1. The fourth-order valence-corrected chi connectivity index (χ4v) is 3.60. The molecule has 3 rings (SSSR count). The molecule has 6 nitrogen and oxygen atoms in total. The number of hydrogen-bond acceptors (Lipinski definition) is 4. The third kappa shape index (κ3) is 4.92. The molecule has 7 heteroatoms. The van der Waals surface area contributed by atoms with E-state index in [-0.39, 0.29) is 22.9 Å². The number of rotatable bonds is 6. The van der Waals surface area contributed by atoms with Crippen LogP contribution in [0.1, 0.15) is 21.6 Å². The Kier molecular flexibility index (Phi) is 5.52. The van der Waals surface area contributed by atoms with Gasteiger partial charge in [0.05, 0.1) is 17.1 Å². The van der Waals surface area contributed by atoms with Gasteiger partial charge in [-0.1, -0.05) is 24.3 Å². The summed E-state index contributed by atoms with van der Waals surface area (Å²) in [6.07, 6.45) is 1.64. The van der Waals surface area contributed by atoms with Crippen LogP contribution in [0.2, 0.25) is 0 Å². The summed E-state index contributed by atoms with van der Waals surface area (Å²) in [5.41, 5.74) is 2.40. The van der Waals surface area contributed by atoms with Crippen molar-refractivity contribution in [1.82, 2.24) is 10.3 Å². The molecule has 0 saturated heterocycles. The van der Waals surface area contributed by atoms with E-state index in [1.54, 1.807) is 48.7 Å². The molecule has 2 aromatic carbocycles. The molecule has 0 saturated carbocycles. The number of anilines is 1. The average Bonchev–Trinajstić information content (AvgIpc) is 2.67. The summed E-state index contributed by atoms with van der Waals surface area (Å²) < 4.78 is 27.8. The highest BCUT2D eigenvalue weighted by atomic mass is 32.2. The molecule has 0 unspecified atom stereocenters. The second-order valence-electron chi connectivity index (χ2n) is 6.01. The van der Waals surface area contributed by atoms with Crippen molar-refractivity contribution in [2.24, 2.45) is 0 Å². The first-order chi connectivity index (χ1) is 12.9. The van der Waals surface area contributed by atoms with Crippen molar-refractivity contribution in [2.75, 3.05) is 4.72 Å². The van der Waals surface area contributed by atoms with Crippen molar-refractivity contribution in [3.63, 3.8) is 0 Å². The quantitative estimate of drug-likeness (QED) is 0.687. The SMILES string of the molecule is Cc1cccc(NS(=O)(=O)c2cccc(C(=O)NCc3ccccn3)c2)c1. The zero-order valence-electron chi connectivity index (χ0n) is 14.7. The number of benzene rings is 2. The summed E-state index contributed by atoms with van der Waals surface area (Å²) in [5.74, 6) is -0.367. The van der Waals surface area contributed by atoms with Crippen LogP contribution in [0.3, 0.4) is 0 Å². The first-order valence-electron chi connectivity index (χ1n) is 8.32. The highest BCUT2D eigenvalue weighted by Gasteiger charge is 2.16. The van der Waals surface area contributed by atoms with E-state index in [4.69, 9.17) is 0 Å². The lowest BCUT2D eigenvalue weighted by Crippen LogP contribution is -2.23. The summed E-state index contributed by atoms with van der Waals surface area (Å²) in [4.78, 5) is 16.5. The first kappa shape index (κ1) is 18.6. The molecule has 138 valence electrons. The van der Waals surface area contributed by atoms with Gasteiger partial charge < -0.3 is 5.32 Å². The maximum absolute atomic E-state index is 12.6. The molecule has 0 bridgehead atoms. The van der Waals surface area contributed by atoms with Gasteiger partial charge in [-0.15, -0.1) is 0 Å². The fourth-order valence-electron chi connectivity index (χ4n) is 2.50. The number of hydrogen-bond donors (Lipinski definition) is 2. The molecule has 0 radical (unpaired) electrons. The monoisotopic (exact) mass is 381 g/mol. The average molecular weight is 381 g/mol. The zero-order chi connectivity index (χ0) is 19.3. The molecule has 2 N–H and O–H groups in total. The van der Waals surface area contributed by atoms with E-state index in [1.165, 1.54) is 12.1 Å². The van der Waals surface area contributed by atoms with Crippen LogP contribution in [-0.2, 0) is 16.6 Å². The van der Waals surface area contributed by atoms with Crippen molar-refractivity contribution in [3.05, 3.63) is 89.7 Å². The second-order valence-corrected chi connectivity index (χ2v) is 7.69. The minimum absolute atomic E-state index is 0.0227. The topological polar surface area (TPSA) is 88.2 Å². The highest BCUT2D eigenvalue weighted by Crippen LogP contribution is 2.18. The van der Waals surface area contributed by atoms with Gasteiger partial charge in [-0.2, -0.15) is 0 Å². The van der Waals surface area contributed by atoms with Gasteiger partial charge >= 0.3 is 0 Å². The number of nitrogens with one attached hydrogen (secondary N) is 2. The van der Waals surface area contributed by atoms with Crippen LogP contribution in [0.15, 0.2) is 77.8 Å². The van der Waals surface area contributed by atoms with E-state index in [1.807, 2.05) is 19.1 Å². The zero-order valence-corrected chi connectivity index (χ0v) is 15.5. The van der Waals surface area contributed by atoms with E-state index in [9.17, 15) is 13.2 Å². The van der Waals surface area contributed by atoms with Crippen molar-refractivity contribution >= 4 is 21.6 Å². The lowest BCUT2D eigenvalue weighted by Gasteiger charge is -2.10. The van der Waals surface area contributed by atoms with Gasteiger partial charge in [-0.05, 0) is 55.0 Å². The molecule has 0 aliphatic rings. The molecule has 0 aliphatic carbocycles. The summed E-state index contributed by atoms with van der Waals surface area (Å²) in [5, 5.41) is 2.73. The van der Waals surface area contributed by atoms with E-state index in [0.717, 1.165) is 11.3 Å². The standard InChI is InChI=1S/C20H19N3O3S/c1-15-6-4-9-17(12-15)23-27(25,26)19-10-5-7-16(13-19)20(24)22-14-18-8-2-3-11-21-18/h2-13,23H,14H2,1H3,(H,22,24). The number of carbonyl (C=O) groups excluding carboxylic acids is 1. The van der Waals surface area contributed by atoms with Crippen molar-refractivity contribution in [1.29, 1.82) is 0 Å². The lowest BCUT2D eigenvalue weighted by molar-refractivity contribution is 0.0950. The van der Waals surface area contributed by atoms with Gasteiger partial charge in [-0.25, -0.2) is 8.42 Å². The Morgan fingerprint density at radius 2 is 1.81 bits per heavy atom. The van der Waals surface area contributed by atoms with Crippen LogP contribution in [0.5, 0.6) is 0 Å². The van der Waals surface area contributed by atoms with Crippen LogP contribution >= 0.6 is 0 Å². The second kappa shape index (κ2) is 8.01. The summed E-state index contributed by atoms with van der Waals surface area (Å²) >= 11 is 0. The van der Waals surface area contributed by atoms with Gasteiger partial charge in [0.15, 0.2) is 0 Å². The Morgan fingerprint density at radius 1 is 1.00 bits per heavy atom. The predicted octanol–water partition coefficient (Wildman–Crippen LogP) is 3.12. The van der Waals surface area contributed by atoms with Crippen molar-refractivity contribution in [2.45, 2.75) is 18.4 Å². The summed E-state index contributed by atoms with van der Waals surface area (Å²) in [6, 6.07) is 18.4. The van der Waals surface area contributed by atoms with Crippen LogP contribution < -0.4 is 10.0 Å². The molecular formula is C20H19N3O3S. The molecule has 3 aromatic rings. The summed E-state index contributed by atoms with van der Waals surface area (Å²) in [7, 11) is -3.80.